The van der Waals surface area contributed by atoms with Gasteiger partial charge in [0.1, 0.15) is 6.61 Å². The molecule has 0 aliphatic carbocycles. The van der Waals surface area contributed by atoms with Crippen molar-refractivity contribution in [3.8, 4) is 0 Å². The summed E-state index contributed by atoms with van der Waals surface area (Å²) in [5.74, 6) is 0. The zero-order valence-corrected chi connectivity index (χ0v) is 26.0. The van der Waals surface area contributed by atoms with Crippen LogP contribution in [0.15, 0.2) is 29.2 Å². The molecule has 1 aromatic rings. The summed E-state index contributed by atoms with van der Waals surface area (Å²) in [5.41, 5.74) is 0.946. The van der Waals surface area contributed by atoms with Gasteiger partial charge in [-0.1, -0.05) is 24.6 Å². The fourth-order valence-corrected chi connectivity index (χ4v) is 3.68. The normalized spacial score (nSPS) is 11.9. The third-order valence-corrected chi connectivity index (χ3v) is 6.21. The maximum absolute atomic E-state index is 12.0. The molecule has 0 amide bonds. The average Bonchev–Trinajstić information content (AvgIpc) is 2.98. The first-order valence-electron chi connectivity index (χ1n) is 14.4. The molecule has 0 spiro atoms. The molecule has 0 heterocycles. The molecule has 0 saturated heterocycles. The van der Waals surface area contributed by atoms with E-state index in [1.165, 1.54) is 12.1 Å². The van der Waals surface area contributed by atoms with Gasteiger partial charge < -0.3 is 42.6 Å². The van der Waals surface area contributed by atoms with Gasteiger partial charge in [-0.3, -0.25) is 0 Å². The topological polar surface area (TPSA) is 136 Å². The first-order valence-corrected chi connectivity index (χ1v) is 15.8. The minimum absolute atomic E-state index is 0.0303. The van der Waals surface area contributed by atoms with Crippen LogP contribution in [-0.2, 0) is 62.0 Å². The molecule has 0 bridgehead atoms. The lowest BCUT2D eigenvalue weighted by Crippen LogP contribution is -2.15. The van der Waals surface area contributed by atoms with Crippen molar-refractivity contribution < 1.29 is 60.3 Å². The molecule has 0 fully saturated rings. The second-order valence-electron chi connectivity index (χ2n) is 8.67. The van der Waals surface area contributed by atoms with Crippen LogP contribution in [0.5, 0.6) is 0 Å². The predicted octanol–water partition coefficient (Wildman–Crippen LogP) is 2.19. The number of hydrogen-bond donors (Lipinski definition) is 0. The first kappa shape index (κ1) is 38.8. The fourth-order valence-electron chi connectivity index (χ4n) is 2.94. The van der Waals surface area contributed by atoms with E-state index in [9.17, 15) is 8.42 Å². The number of ether oxygens (including phenoxy) is 9. The summed E-state index contributed by atoms with van der Waals surface area (Å²) < 4.78 is 77.0. The van der Waals surface area contributed by atoms with E-state index in [0.717, 1.165) is 18.6 Å². The van der Waals surface area contributed by atoms with E-state index in [1.807, 2.05) is 6.92 Å². The van der Waals surface area contributed by atoms with Crippen LogP contribution < -0.4 is 0 Å². The van der Waals surface area contributed by atoms with E-state index in [-0.39, 0.29) is 18.1 Å². The highest BCUT2D eigenvalue weighted by molar-refractivity contribution is 7.86. The lowest BCUT2D eigenvalue weighted by Gasteiger charge is -2.09. The molecule has 246 valence electrons. The van der Waals surface area contributed by atoms with Crippen LogP contribution in [-0.4, -0.2) is 134 Å². The van der Waals surface area contributed by atoms with Crippen LogP contribution in [0.2, 0.25) is 0 Å². The molecule has 0 aliphatic rings. The molecule has 0 unspecified atom stereocenters. The number of aryl methyl sites for hydroxylation is 1. The first-order chi connectivity index (χ1) is 20.6. The van der Waals surface area contributed by atoms with E-state index in [4.69, 9.17) is 47.5 Å². The van der Waals surface area contributed by atoms with E-state index < -0.39 is 10.1 Å². The molecule has 0 saturated carbocycles. The van der Waals surface area contributed by atoms with E-state index in [0.29, 0.717) is 106 Å². The zero-order valence-electron chi connectivity index (χ0n) is 25.2. The van der Waals surface area contributed by atoms with Crippen molar-refractivity contribution in [2.45, 2.75) is 25.2 Å². The molecule has 0 aromatic heterocycles. The van der Waals surface area contributed by atoms with Gasteiger partial charge in [-0.15, -0.1) is 4.33 Å². The van der Waals surface area contributed by atoms with Crippen molar-refractivity contribution in [2.75, 3.05) is 126 Å². The summed E-state index contributed by atoms with van der Waals surface area (Å²) in [6, 6.07) is 6.28. The van der Waals surface area contributed by atoms with Gasteiger partial charge in [0.05, 0.1) is 117 Å². The van der Waals surface area contributed by atoms with Crippen LogP contribution in [0.4, 0.5) is 0 Å². The Hall–Kier alpha value is -1.27. The van der Waals surface area contributed by atoms with Crippen LogP contribution in [0, 0.1) is 6.92 Å². The average molecular weight is 627 g/mol. The largest absolute Gasteiger partial charge is 0.379 e. The van der Waals surface area contributed by atoms with Gasteiger partial charge in [0.25, 0.3) is 0 Å². The number of rotatable bonds is 32. The standard InChI is InChI=1S/C28H50O13S/c1-3-8-31-9-10-32-11-12-33-13-14-34-15-16-35-17-18-36-19-20-37-21-22-38-23-24-39-25-26-40-41-42(29,30)28-6-4-27(2)5-7-28/h4-7H,3,8-26H2,1-2H3. The Kier molecular flexibility index (Phi) is 26.3. The Labute approximate surface area is 250 Å². The van der Waals surface area contributed by atoms with Gasteiger partial charge in [0.15, 0.2) is 0 Å². The lowest BCUT2D eigenvalue weighted by atomic mass is 10.2. The second kappa shape index (κ2) is 28.5. The Morgan fingerprint density at radius 3 is 1.05 bits per heavy atom. The molecule has 13 nitrogen and oxygen atoms in total. The molecule has 0 aliphatic heterocycles. The summed E-state index contributed by atoms with van der Waals surface area (Å²) in [7, 11) is -3.95. The molecule has 42 heavy (non-hydrogen) atoms. The Balaban J connectivity index is 1.70. The van der Waals surface area contributed by atoms with Crippen molar-refractivity contribution in [3.63, 3.8) is 0 Å². The van der Waals surface area contributed by atoms with Gasteiger partial charge >= 0.3 is 10.1 Å². The second-order valence-corrected chi connectivity index (χ2v) is 10.2. The monoisotopic (exact) mass is 626 g/mol. The molecule has 14 heteroatoms. The zero-order chi connectivity index (χ0) is 30.4. The van der Waals surface area contributed by atoms with Gasteiger partial charge in [0, 0.05) is 6.61 Å². The highest BCUT2D eigenvalue weighted by Gasteiger charge is 2.15. The van der Waals surface area contributed by atoms with Crippen molar-refractivity contribution in [1.82, 2.24) is 0 Å². The highest BCUT2D eigenvalue weighted by atomic mass is 32.2. The molecule has 0 radical (unpaired) electrons. The van der Waals surface area contributed by atoms with E-state index in [2.05, 4.69) is 11.3 Å². The summed E-state index contributed by atoms with van der Waals surface area (Å²) in [6.07, 6.45) is 1.02. The van der Waals surface area contributed by atoms with Crippen LogP contribution in [0.25, 0.3) is 0 Å². The lowest BCUT2D eigenvalue weighted by molar-refractivity contribution is -0.210. The maximum Gasteiger partial charge on any atom is 0.323 e. The quantitative estimate of drug-likeness (QED) is 0.0657. The summed E-state index contributed by atoms with van der Waals surface area (Å²) in [5, 5.41) is 0. The minimum atomic E-state index is -3.95. The number of benzene rings is 1. The molecule has 0 atom stereocenters. The van der Waals surface area contributed by atoms with E-state index >= 15 is 0 Å². The predicted molar refractivity (Wildman–Crippen MR) is 153 cm³/mol. The van der Waals surface area contributed by atoms with Crippen molar-refractivity contribution in [1.29, 1.82) is 0 Å². The van der Waals surface area contributed by atoms with Gasteiger partial charge in [-0.2, -0.15) is 8.42 Å². The third kappa shape index (κ3) is 24.2. The Morgan fingerprint density at radius 2 is 0.738 bits per heavy atom. The van der Waals surface area contributed by atoms with E-state index in [1.54, 1.807) is 12.1 Å². The van der Waals surface area contributed by atoms with Crippen LogP contribution in [0.3, 0.4) is 0 Å². The molecular formula is C28H50O13S. The Morgan fingerprint density at radius 1 is 0.452 bits per heavy atom. The van der Waals surface area contributed by atoms with Crippen molar-refractivity contribution in [2.24, 2.45) is 0 Å². The fraction of sp³-hybridized carbons (Fsp3) is 0.786. The third-order valence-electron chi connectivity index (χ3n) is 5.08. The minimum Gasteiger partial charge on any atom is -0.379 e. The SMILES string of the molecule is CCCOCCOCCOCCOCCOCCOCCOCCOCCOCCOOS(=O)(=O)c1ccc(C)cc1. The van der Waals surface area contributed by atoms with Crippen LogP contribution >= 0.6 is 0 Å². The molecule has 1 aromatic carbocycles. The molecule has 0 N–H and O–H groups in total. The van der Waals surface area contributed by atoms with Gasteiger partial charge in [-0.25, -0.2) is 4.89 Å². The summed E-state index contributed by atoms with van der Waals surface area (Å²) >= 11 is 0. The van der Waals surface area contributed by atoms with Crippen LogP contribution in [0.1, 0.15) is 18.9 Å². The molecule has 1 rings (SSSR count). The maximum atomic E-state index is 12.0. The smallest absolute Gasteiger partial charge is 0.323 e. The highest BCUT2D eigenvalue weighted by Crippen LogP contribution is 2.13. The summed E-state index contributed by atoms with van der Waals surface area (Å²) in [6.45, 7) is 12.7. The van der Waals surface area contributed by atoms with Gasteiger partial charge in [0.2, 0.25) is 0 Å². The van der Waals surface area contributed by atoms with Crippen molar-refractivity contribution >= 4 is 10.1 Å². The Bertz CT molecular complexity index is 809. The summed E-state index contributed by atoms with van der Waals surface area (Å²) in [4.78, 5) is 4.76. The number of hydrogen-bond acceptors (Lipinski definition) is 13. The van der Waals surface area contributed by atoms with Crippen molar-refractivity contribution in [3.05, 3.63) is 29.8 Å². The van der Waals surface area contributed by atoms with Gasteiger partial charge in [-0.05, 0) is 25.5 Å². The molecular weight excluding hydrogens is 576 g/mol.